The Labute approximate surface area is 180 Å². The Balaban J connectivity index is 1.01. The first-order valence-corrected chi connectivity index (χ1v) is 12.1. The molecule has 2 aliphatic carbocycles. The van der Waals surface area contributed by atoms with Crippen LogP contribution in [0.15, 0.2) is 12.3 Å². The van der Waals surface area contributed by atoms with Crippen LogP contribution in [0.25, 0.3) is 0 Å². The molecule has 0 unspecified atom stereocenters. The van der Waals surface area contributed by atoms with Gasteiger partial charge >= 0.3 is 0 Å². The molecule has 0 aromatic carbocycles. The second kappa shape index (κ2) is 9.13. The summed E-state index contributed by atoms with van der Waals surface area (Å²) in [4.78, 5) is 21.8. The van der Waals surface area contributed by atoms with E-state index in [0.717, 1.165) is 63.1 Å². The normalized spacial score (nSPS) is 26.9. The van der Waals surface area contributed by atoms with Crippen molar-refractivity contribution in [2.24, 2.45) is 11.8 Å². The molecule has 1 N–H and O–H groups in total. The highest BCUT2D eigenvalue weighted by Crippen LogP contribution is 2.34. The lowest BCUT2D eigenvalue weighted by atomic mass is 9.84. The molecule has 0 atom stereocenters. The van der Waals surface area contributed by atoms with Crippen molar-refractivity contribution in [3.8, 4) is 5.75 Å². The number of piperazine rings is 1. The summed E-state index contributed by atoms with van der Waals surface area (Å²) >= 11 is 0. The molecule has 1 aromatic heterocycles. The molecule has 2 saturated carbocycles. The fourth-order valence-electron chi connectivity index (χ4n) is 5.38. The van der Waals surface area contributed by atoms with Crippen LogP contribution in [-0.4, -0.2) is 61.2 Å². The maximum Gasteiger partial charge on any atom is 0.220 e. The van der Waals surface area contributed by atoms with E-state index in [-0.39, 0.29) is 0 Å². The second-order valence-corrected chi connectivity index (χ2v) is 9.76. The van der Waals surface area contributed by atoms with Gasteiger partial charge in [-0.2, -0.15) is 0 Å². The van der Waals surface area contributed by atoms with Gasteiger partial charge in [0.1, 0.15) is 11.6 Å². The summed E-state index contributed by atoms with van der Waals surface area (Å²) in [5.41, 5.74) is 1.30. The number of carbonyl (C=O) groups excluding carboxylic acids is 1. The highest BCUT2D eigenvalue weighted by Gasteiger charge is 2.28. The molecule has 1 saturated heterocycles. The first kappa shape index (κ1) is 20.1. The average molecular weight is 413 g/mol. The van der Waals surface area contributed by atoms with Crippen molar-refractivity contribution < 1.29 is 9.53 Å². The summed E-state index contributed by atoms with van der Waals surface area (Å²) in [6, 6.07) is 2.43. The molecule has 0 bridgehead atoms. The number of aromatic nitrogens is 1. The molecule has 3 fully saturated rings. The fraction of sp³-hybridized carbons (Fsp3) is 0.750. The van der Waals surface area contributed by atoms with E-state index in [1.807, 2.05) is 12.3 Å². The molecule has 1 aromatic rings. The Hall–Kier alpha value is -1.82. The Kier molecular flexibility index (Phi) is 6.12. The zero-order chi connectivity index (χ0) is 20.3. The zero-order valence-electron chi connectivity index (χ0n) is 18.2. The number of hydrogen-bond acceptors (Lipinski definition) is 5. The van der Waals surface area contributed by atoms with Gasteiger partial charge in [-0.25, -0.2) is 4.98 Å². The fourth-order valence-corrected chi connectivity index (χ4v) is 5.38. The van der Waals surface area contributed by atoms with Gasteiger partial charge in [0.05, 0.1) is 6.61 Å². The SMILES string of the molecule is O=C(CC1CC1)NC1CCC(CCN2CCN(c3nccc4c3CCO4)CC2)CC1. The molecule has 1 amide bonds. The number of ether oxygens (including phenoxy) is 1. The largest absolute Gasteiger partial charge is 0.493 e. The number of carbonyl (C=O) groups is 1. The summed E-state index contributed by atoms with van der Waals surface area (Å²) in [5, 5.41) is 3.28. The smallest absolute Gasteiger partial charge is 0.220 e. The molecule has 6 nitrogen and oxygen atoms in total. The minimum Gasteiger partial charge on any atom is -0.493 e. The van der Waals surface area contributed by atoms with Crippen molar-refractivity contribution in [1.82, 2.24) is 15.2 Å². The van der Waals surface area contributed by atoms with Gasteiger partial charge in [-0.05, 0) is 69.4 Å². The van der Waals surface area contributed by atoms with Crippen LogP contribution in [0.2, 0.25) is 0 Å². The van der Waals surface area contributed by atoms with Crippen molar-refractivity contribution in [2.75, 3.05) is 44.2 Å². The summed E-state index contributed by atoms with van der Waals surface area (Å²) < 4.78 is 5.70. The quantitative estimate of drug-likeness (QED) is 0.746. The van der Waals surface area contributed by atoms with Crippen LogP contribution in [0.5, 0.6) is 5.75 Å². The van der Waals surface area contributed by atoms with Gasteiger partial charge in [0.15, 0.2) is 0 Å². The van der Waals surface area contributed by atoms with Gasteiger partial charge in [-0.15, -0.1) is 0 Å². The topological polar surface area (TPSA) is 57.7 Å². The van der Waals surface area contributed by atoms with Crippen LogP contribution in [0, 0.1) is 11.8 Å². The van der Waals surface area contributed by atoms with Crippen LogP contribution in [0.1, 0.15) is 56.9 Å². The maximum atomic E-state index is 12.0. The number of fused-ring (bicyclic) bond motifs is 1. The van der Waals surface area contributed by atoms with E-state index in [2.05, 4.69) is 20.1 Å². The number of pyridine rings is 1. The molecule has 0 spiro atoms. The van der Waals surface area contributed by atoms with Crippen LogP contribution in [-0.2, 0) is 11.2 Å². The molecule has 2 aliphatic heterocycles. The Morgan fingerprint density at radius 2 is 1.83 bits per heavy atom. The first-order chi connectivity index (χ1) is 14.7. The van der Waals surface area contributed by atoms with E-state index in [0.29, 0.717) is 17.9 Å². The summed E-state index contributed by atoms with van der Waals surface area (Å²) in [7, 11) is 0. The molecule has 0 radical (unpaired) electrons. The summed E-state index contributed by atoms with van der Waals surface area (Å²) in [6.07, 6.45) is 12.3. The summed E-state index contributed by atoms with van der Waals surface area (Å²) in [5.74, 6) is 3.99. The predicted molar refractivity (Wildman–Crippen MR) is 118 cm³/mol. The third-order valence-electron chi connectivity index (χ3n) is 7.51. The lowest BCUT2D eigenvalue weighted by Gasteiger charge is -2.37. The Morgan fingerprint density at radius 1 is 1.07 bits per heavy atom. The first-order valence-electron chi connectivity index (χ1n) is 12.1. The number of hydrogen-bond donors (Lipinski definition) is 1. The number of nitrogens with zero attached hydrogens (tertiary/aromatic N) is 3. The molecular weight excluding hydrogens is 376 g/mol. The number of anilines is 1. The van der Waals surface area contributed by atoms with Gasteiger partial charge < -0.3 is 15.0 Å². The van der Waals surface area contributed by atoms with E-state index in [1.165, 1.54) is 57.1 Å². The van der Waals surface area contributed by atoms with Crippen molar-refractivity contribution in [3.05, 3.63) is 17.8 Å². The van der Waals surface area contributed by atoms with E-state index in [4.69, 9.17) is 4.74 Å². The minimum absolute atomic E-state index is 0.295. The third kappa shape index (κ3) is 4.90. The molecule has 30 heavy (non-hydrogen) atoms. The molecule has 5 rings (SSSR count). The van der Waals surface area contributed by atoms with Gasteiger partial charge in [-0.3, -0.25) is 9.69 Å². The molecule has 4 aliphatic rings. The van der Waals surface area contributed by atoms with Crippen LogP contribution in [0.4, 0.5) is 5.82 Å². The van der Waals surface area contributed by atoms with E-state index >= 15 is 0 Å². The number of amides is 1. The van der Waals surface area contributed by atoms with Crippen LogP contribution < -0.4 is 15.0 Å². The maximum absolute atomic E-state index is 12.0. The van der Waals surface area contributed by atoms with Crippen molar-refractivity contribution in [2.45, 2.75) is 63.8 Å². The second-order valence-electron chi connectivity index (χ2n) is 9.76. The lowest BCUT2D eigenvalue weighted by Crippen LogP contribution is -2.47. The van der Waals surface area contributed by atoms with Crippen LogP contribution in [0.3, 0.4) is 0 Å². The minimum atomic E-state index is 0.295. The Morgan fingerprint density at radius 3 is 2.60 bits per heavy atom. The highest BCUT2D eigenvalue weighted by atomic mass is 16.5. The Bertz CT molecular complexity index is 735. The van der Waals surface area contributed by atoms with Crippen molar-refractivity contribution in [3.63, 3.8) is 0 Å². The van der Waals surface area contributed by atoms with Gasteiger partial charge in [0, 0.05) is 56.8 Å². The van der Waals surface area contributed by atoms with Gasteiger partial charge in [-0.1, -0.05) is 0 Å². The molecule has 164 valence electrons. The van der Waals surface area contributed by atoms with Gasteiger partial charge in [0.25, 0.3) is 0 Å². The number of rotatable bonds is 7. The van der Waals surface area contributed by atoms with E-state index < -0.39 is 0 Å². The van der Waals surface area contributed by atoms with Crippen LogP contribution >= 0.6 is 0 Å². The van der Waals surface area contributed by atoms with Crippen molar-refractivity contribution >= 4 is 11.7 Å². The molecule has 6 heteroatoms. The van der Waals surface area contributed by atoms with Gasteiger partial charge in [0.2, 0.25) is 5.91 Å². The van der Waals surface area contributed by atoms with Crippen molar-refractivity contribution in [1.29, 1.82) is 0 Å². The standard InChI is InChI=1S/C24H36N4O2/c29-23(17-19-1-2-19)26-20-5-3-18(4-6-20)8-11-27-12-14-28(15-13-27)24-21-9-16-30-22(21)7-10-25-24/h7,10,18-20H,1-6,8-9,11-17H2,(H,26,29). The molecule has 3 heterocycles. The van der Waals surface area contributed by atoms with E-state index in [9.17, 15) is 4.79 Å². The van der Waals surface area contributed by atoms with E-state index in [1.54, 1.807) is 0 Å². The zero-order valence-corrected chi connectivity index (χ0v) is 18.2. The third-order valence-corrected chi connectivity index (χ3v) is 7.51. The number of nitrogens with one attached hydrogen (secondary N) is 1. The molecular formula is C24H36N4O2. The summed E-state index contributed by atoms with van der Waals surface area (Å²) in [6.45, 7) is 6.37. The monoisotopic (exact) mass is 412 g/mol. The average Bonchev–Trinajstić information content (AvgIpc) is 3.45. The highest BCUT2D eigenvalue weighted by molar-refractivity contribution is 5.76. The lowest BCUT2D eigenvalue weighted by molar-refractivity contribution is -0.122. The predicted octanol–water partition coefficient (Wildman–Crippen LogP) is 3.00.